The van der Waals surface area contributed by atoms with Crippen molar-refractivity contribution in [1.29, 1.82) is 0 Å². The Hall–Kier alpha value is 0.0562. The molecule has 1 rings (SSSR count). The summed E-state index contributed by atoms with van der Waals surface area (Å²) in [6, 6.07) is 5.41. The molecule has 0 saturated carbocycles. The van der Waals surface area contributed by atoms with Crippen LogP contribution in [0.5, 0.6) is 5.75 Å². The highest BCUT2D eigenvalue weighted by Crippen LogP contribution is 2.23. The molecule has 0 radical (unpaired) electrons. The Labute approximate surface area is 97.5 Å². The molecule has 1 aromatic rings. The van der Waals surface area contributed by atoms with E-state index in [4.69, 9.17) is 0 Å². The van der Waals surface area contributed by atoms with Gasteiger partial charge in [0.15, 0.2) is 0 Å². The van der Waals surface area contributed by atoms with Gasteiger partial charge in [0, 0.05) is 4.47 Å². The Balaban J connectivity index is 0.00000144. The van der Waals surface area contributed by atoms with Crippen molar-refractivity contribution < 1.29 is 17.9 Å². The van der Waals surface area contributed by atoms with Crippen LogP contribution in [0.15, 0.2) is 28.7 Å². The van der Waals surface area contributed by atoms with Crippen LogP contribution in [0.25, 0.3) is 0 Å². The molecule has 0 fully saturated rings. The molecule has 1 aromatic carbocycles. The van der Waals surface area contributed by atoms with E-state index in [-0.39, 0.29) is 28.8 Å². The second-order valence-corrected chi connectivity index (χ2v) is 2.92. The summed E-state index contributed by atoms with van der Waals surface area (Å²) >= 11 is 3.09. The van der Waals surface area contributed by atoms with E-state index in [0.29, 0.717) is 4.47 Å². The van der Waals surface area contributed by atoms with Crippen LogP contribution in [0.3, 0.4) is 0 Å². The highest BCUT2D eigenvalue weighted by Gasteiger charge is 2.30. The number of ether oxygens (including phenoxy) is 1. The third-order valence-corrected chi connectivity index (χ3v) is 1.58. The number of alkyl halides is 3. The number of halogens is 4. The third-order valence-electron chi connectivity index (χ3n) is 1.05. The predicted octanol–water partition coefficient (Wildman–Crippen LogP) is 2.43. The van der Waals surface area contributed by atoms with Crippen molar-refractivity contribution in [3.05, 3.63) is 28.7 Å². The summed E-state index contributed by atoms with van der Waals surface area (Å²) in [5.41, 5.74) is 0. The molecule has 1 nitrogen and oxygen atoms in total. The summed E-state index contributed by atoms with van der Waals surface area (Å²) in [6.45, 7) is 0. The van der Waals surface area contributed by atoms with Crippen LogP contribution in [0.4, 0.5) is 13.2 Å². The highest BCUT2D eigenvalue weighted by molar-refractivity contribution is 9.10. The van der Waals surface area contributed by atoms with Crippen LogP contribution in [-0.2, 0) is 0 Å². The van der Waals surface area contributed by atoms with E-state index in [1.165, 1.54) is 24.3 Å². The van der Waals surface area contributed by atoms with E-state index in [1.807, 2.05) is 0 Å². The first-order valence-electron chi connectivity index (χ1n) is 2.99. The van der Waals surface area contributed by atoms with Crippen LogP contribution >= 0.6 is 15.9 Å². The minimum atomic E-state index is -4.62. The average Bonchev–Trinajstić information content (AvgIpc) is 1.91. The first-order chi connectivity index (χ1) is 5.47. The normalized spacial score (nSPS) is 10.5. The molecule has 6 heteroatoms. The lowest BCUT2D eigenvalue weighted by atomic mass is 10.3. The maximum atomic E-state index is 11.6. The third kappa shape index (κ3) is 5.38. The van der Waals surface area contributed by atoms with Gasteiger partial charge in [0.2, 0.25) is 0 Å². The van der Waals surface area contributed by atoms with Crippen molar-refractivity contribution in [3.63, 3.8) is 0 Å². The van der Waals surface area contributed by atoms with Crippen molar-refractivity contribution in [3.8, 4) is 5.75 Å². The SMILES string of the molecule is FC(F)(F)Oc1ccc(Br)cc1.[MgH2]. The van der Waals surface area contributed by atoms with Crippen LogP contribution in [0.2, 0.25) is 0 Å². The zero-order valence-corrected chi connectivity index (χ0v) is 7.32. The molecule has 0 bridgehead atoms. The lowest BCUT2D eigenvalue weighted by Gasteiger charge is -2.07. The molecule has 0 aliphatic carbocycles. The Bertz CT molecular complexity index is 259. The highest BCUT2D eigenvalue weighted by atomic mass is 79.9. The molecule has 0 aliphatic rings. The van der Waals surface area contributed by atoms with E-state index < -0.39 is 6.36 Å². The molecule has 0 atom stereocenters. The molecule has 0 saturated heterocycles. The van der Waals surface area contributed by atoms with Gasteiger partial charge in [-0.1, -0.05) is 15.9 Å². The molecule has 0 N–H and O–H groups in total. The lowest BCUT2D eigenvalue weighted by Crippen LogP contribution is -2.16. The van der Waals surface area contributed by atoms with Crippen molar-refractivity contribution in [2.45, 2.75) is 6.36 Å². The minimum Gasteiger partial charge on any atom is -0.406 e. The number of benzene rings is 1. The van der Waals surface area contributed by atoms with Gasteiger partial charge in [0.1, 0.15) is 5.75 Å². The summed E-state index contributed by atoms with van der Waals surface area (Å²) in [4.78, 5) is 0. The first kappa shape index (κ1) is 13.1. The average molecular weight is 267 g/mol. The Morgan fingerprint density at radius 1 is 1.08 bits per heavy atom. The Kier molecular flexibility index (Phi) is 5.09. The molecule has 0 aliphatic heterocycles. The van der Waals surface area contributed by atoms with Gasteiger partial charge in [-0.25, -0.2) is 0 Å². The molecule has 13 heavy (non-hydrogen) atoms. The smallest absolute Gasteiger partial charge is 0.406 e. The van der Waals surface area contributed by atoms with Gasteiger partial charge < -0.3 is 4.74 Å². The Morgan fingerprint density at radius 3 is 1.92 bits per heavy atom. The fourth-order valence-electron chi connectivity index (χ4n) is 0.636. The standard InChI is InChI=1S/C7H4BrF3O.Mg.2H/c8-5-1-3-6(4-2-5)12-7(9,10)11;;;/h1-4H;;;. The summed E-state index contributed by atoms with van der Waals surface area (Å²) in [6.07, 6.45) is -4.62. The molecular weight excluding hydrogens is 261 g/mol. The van der Waals surface area contributed by atoms with Gasteiger partial charge in [-0.2, -0.15) is 0 Å². The summed E-state index contributed by atoms with van der Waals surface area (Å²) < 4.78 is 39.2. The maximum Gasteiger partial charge on any atom is 0.573 e. The van der Waals surface area contributed by atoms with Crippen molar-refractivity contribution in [2.24, 2.45) is 0 Å². The van der Waals surface area contributed by atoms with Crippen molar-refractivity contribution in [1.82, 2.24) is 0 Å². The van der Waals surface area contributed by atoms with Gasteiger partial charge in [0.05, 0.1) is 0 Å². The van der Waals surface area contributed by atoms with E-state index in [2.05, 4.69) is 20.7 Å². The topological polar surface area (TPSA) is 9.23 Å². The van der Waals surface area contributed by atoms with Crippen LogP contribution in [0.1, 0.15) is 0 Å². The number of hydrogen-bond donors (Lipinski definition) is 0. The van der Waals surface area contributed by atoms with Crippen LogP contribution < -0.4 is 4.74 Å². The quantitative estimate of drug-likeness (QED) is 0.710. The van der Waals surface area contributed by atoms with Gasteiger partial charge in [0.25, 0.3) is 0 Å². The number of rotatable bonds is 1. The molecule has 0 heterocycles. The first-order valence-corrected chi connectivity index (χ1v) is 3.78. The Morgan fingerprint density at radius 2 is 1.54 bits per heavy atom. The van der Waals surface area contributed by atoms with Gasteiger partial charge >= 0.3 is 29.4 Å². The molecule has 0 amide bonds. The fourth-order valence-corrected chi connectivity index (χ4v) is 0.901. The summed E-state index contributed by atoms with van der Waals surface area (Å²) in [5, 5.41) is 0. The largest absolute Gasteiger partial charge is 0.573 e. The second kappa shape index (κ2) is 5.07. The van der Waals surface area contributed by atoms with Crippen molar-refractivity contribution in [2.75, 3.05) is 0 Å². The minimum absolute atomic E-state index is 0. The number of hydrogen-bond acceptors (Lipinski definition) is 1. The molecule has 70 valence electrons. The fraction of sp³-hybridized carbons (Fsp3) is 0.143. The van der Waals surface area contributed by atoms with Gasteiger partial charge in [-0.15, -0.1) is 13.2 Å². The van der Waals surface area contributed by atoms with Crippen LogP contribution in [0, 0.1) is 0 Å². The summed E-state index contributed by atoms with van der Waals surface area (Å²) in [5.74, 6) is -0.217. The molecule has 0 spiro atoms. The monoisotopic (exact) mass is 266 g/mol. The zero-order chi connectivity index (χ0) is 9.19. The van der Waals surface area contributed by atoms with Crippen LogP contribution in [-0.4, -0.2) is 29.4 Å². The van der Waals surface area contributed by atoms with Gasteiger partial charge in [-0.3, -0.25) is 0 Å². The van der Waals surface area contributed by atoms with E-state index in [0.717, 1.165) is 0 Å². The lowest BCUT2D eigenvalue weighted by molar-refractivity contribution is -0.274. The predicted molar refractivity (Wildman–Crippen MR) is 49.4 cm³/mol. The van der Waals surface area contributed by atoms with E-state index in [1.54, 1.807) is 0 Å². The summed E-state index contributed by atoms with van der Waals surface area (Å²) in [7, 11) is 0. The maximum absolute atomic E-state index is 11.6. The van der Waals surface area contributed by atoms with E-state index in [9.17, 15) is 13.2 Å². The van der Waals surface area contributed by atoms with Crippen molar-refractivity contribution >= 4 is 39.0 Å². The molecule has 0 unspecified atom stereocenters. The molecule has 0 aromatic heterocycles. The molecular formula is C7H6BrF3MgO. The second-order valence-electron chi connectivity index (χ2n) is 2.00. The van der Waals surface area contributed by atoms with E-state index >= 15 is 0 Å². The zero-order valence-electron chi connectivity index (χ0n) is 5.73. The van der Waals surface area contributed by atoms with Gasteiger partial charge in [-0.05, 0) is 24.3 Å².